The van der Waals surface area contributed by atoms with Crippen molar-refractivity contribution in [3.63, 3.8) is 0 Å². The molecule has 1 saturated heterocycles. The van der Waals surface area contributed by atoms with Crippen LogP contribution in [-0.4, -0.2) is 29.8 Å². The summed E-state index contributed by atoms with van der Waals surface area (Å²) in [6.45, 7) is 1.63. The van der Waals surface area contributed by atoms with Gasteiger partial charge in [-0.25, -0.2) is 8.78 Å². The van der Waals surface area contributed by atoms with Gasteiger partial charge in [-0.3, -0.25) is 9.59 Å². The van der Waals surface area contributed by atoms with Crippen molar-refractivity contribution in [1.82, 2.24) is 4.90 Å². The number of rotatable bonds is 4. The molecule has 1 fully saturated rings. The Labute approximate surface area is 144 Å². The molecule has 1 aliphatic rings. The van der Waals surface area contributed by atoms with E-state index < -0.39 is 17.5 Å². The summed E-state index contributed by atoms with van der Waals surface area (Å²) in [5.74, 6) is -2.20. The lowest BCUT2D eigenvalue weighted by molar-refractivity contribution is -0.129. The van der Waals surface area contributed by atoms with Gasteiger partial charge in [-0.1, -0.05) is 12.1 Å². The number of amides is 2. The minimum atomic E-state index is -0.912. The van der Waals surface area contributed by atoms with Crippen LogP contribution in [0.25, 0.3) is 0 Å². The van der Waals surface area contributed by atoms with Crippen molar-refractivity contribution in [2.45, 2.75) is 19.3 Å². The molecule has 6 heteroatoms. The molecule has 0 bridgehead atoms. The number of benzene rings is 2. The van der Waals surface area contributed by atoms with Gasteiger partial charge in [-0.15, -0.1) is 0 Å². The Balaban J connectivity index is 1.62. The molecule has 0 atom stereocenters. The lowest BCUT2D eigenvalue weighted by Crippen LogP contribution is -2.29. The van der Waals surface area contributed by atoms with Crippen LogP contribution in [0.3, 0.4) is 0 Å². The van der Waals surface area contributed by atoms with Gasteiger partial charge in [0.25, 0.3) is 5.91 Å². The van der Waals surface area contributed by atoms with Crippen molar-refractivity contribution in [2.75, 3.05) is 18.4 Å². The first-order valence-corrected chi connectivity index (χ1v) is 8.16. The summed E-state index contributed by atoms with van der Waals surface area (Å²) in [6, 6.07) is 9.63. The van der Waals surface area contributed by atoms with E-state index in [1.54, 1.807) is 24.3 Å². The van der Waals surface area contributed by atoms with Crippen molar-refractivity contribution in [2.24, 2.45) is 0 Å². The normalized spacial score (nSPS) is 13.8. The molecule has 0 aromatic heterocycles. The van der Waals surface area contributed by atoms with Crippen LogP contribution in [0.15, 0.2) is 42.5 Å². The van der Waals surface area contributed by atoms with Crippen LogP contribution in [-0.2, 0) is 11.2 Å². The second-order valence-corrected chi connectivity index (χ2v) is 6.04. The van der Waals surface area contributed by atoms with Crippen molar-refractivity contribution in [3.8, 4) is 0 Å². The van der Waals surface area contributed by atoms with Gasteiger partial charge in [0.05, 0.1) is 12.0 Å². The zero-order valence-corrected chi connectivity index (χ0v) is 13.6. The molecule has 1 aliphatic heterocycles. The van der Waals surface area contributed by atoms with Crippen LogP contribution in [0.1, 0.15) is 28.8 Å². The number of halogens is 2. The molecule has 25 heavy (non-hydrogen) atoms. The van der Waals surface area contributed by atoms with Crippen LogP contribution in [0.4, 0.5) is 14.5 Å². The highest BCUT2D eigenvalue weighted by atomic mass is 19.1. The van der Waals surface area contributed by atoms with Crippen LogP contribution < -0.4 is 5.32 Å². The lowest BCUT2D eigenvalue weighted by Gasteiger charge is -2.15. The molecule has 4 nitrogen and oxygen atoms in total. The fourth-order valence-electron chi connectivity index (χ4n) is 2.83. The third-order valence-corrected chi connectivity index (χ3v) is 4.20. The van der Waals surface area contributed by atoms with E-state index in [9.17, 15) is 18.4 Å². The Morgan fingerprint density at radius 1 is 1.00 bits per heavy atom. The van der Waals surface area contributed by atoms with Gasteiger partial charge in [0.1, 0.15) is 11.6 Å². The highest BCUT2D eigenvalue weighted by Crippen LogP contribution is 2.16. The summed E-state index contributed by atoms with van der Waals surface area (Å²) in [5, 5.41) is 2.56. The molecule has 2 aromatic rings. The topological polar surface area (TPSA) is 49.4 Å². The maximum absolute atomic E-state index is 13.6. The second-order valence-electron chi connectivity index (χ2n) is 6.04. The van der Waals surface area contributed by atoms with Gasteiger partial charge in [0, 0.05) is 24.8 Å². The summed E-state index contributed by atoms with van der Waals surface area (Å²) >= 11 is 0. The number of likely N-dealkylation sites (tertiary alicyclic amines) is 1. The zero-order chi connectivity index (χ0) is 17.8. The Morgan fingerprint density at radius 2 is 1.68 bits per heavy atom. The first-order valence-electron chi connectivity index (χ1n) is 8.16. The van der Waals surface area contributed by atoms with E-state index in [1.165, 1.54) is 0 Å². The average molecular weight is 344 g/mol. The SMILES string of the molecule is O=C(Nc1ccc(CC(=O)N2CCCC2)cc1)c1ccc(F)cc1F. The van der Waals surface area contributed by atoms with Gasteiger partial charge in [0.15, 0.2) is 0 Å². The number of hydrogen-bond donors (Lipinski definition) is 1. The number of hydrogen-bond acceptors (Lipinski definition) is 2. The van der Waals surface area contributed by atoms with Crippen molar-refractivity contribution in [1.29, 1.82) is 0 Å². The standard InChI is InChI=1S/C19H18F2N2O2/c20-14-5-8-16(17(21)12-14)19(25)22-15-6-3-13(4-7-15)11-18(24)23-9-1-2-10-23/h3-8,12H,1-2,9-11H2,(H,22,25). The summed E-state index contributed by atoms with van der Waals surface area (Å²) in [5.41, 5.74) is 1.10. The van der Waals surface area contributed by atoms with E-state index in [-0.39, 0.29) is 11.5 Å². The molecule has 130 valence electrons. The predicted octanol–water partition coefficient (Wildman–Crippen LogP) is 3.38. The molecular formula is C19H18F2N2O2. The maximum atomic E-state index is 13.6. The number of anilines is 1. The average Bonchev–Trinajstić information content (AvgIpc) is 3.11. The quantitative estimate of drug-likeness (QED) is 0.924. The van der Waals surface area contributed by atoms with Crippen molar-refractivity contribution < 1.29 is 18.4 Å². The van der Waals surface area contributed by atoms with E-state index in [0.29, 0.717) is 18.2 Å². The summed E-state index contributed by atoms with van der Waals surface area (Å²) < 4.78 is 26.5. The third kappa shape index (κ3) is 4.21. The van der Waals surface area contributed by atoms with Crippen LogP contribution in [0.2, 0.25) is 0 Å². The summed E-state index contributed by atoms with van der Waals surface area (Å²) in [6.07, 6.45) is 2.42. The maximum Gasteiger partial charge on any atom is 0.258 e. The second kappa shape index (κ2) is 7.42. The fourth-order valence-corrected chi connectivity index (χ4v) is 2.83. The summed E-state index contributed by atoms with van der Waals surface area (Å²) in [4.78, 5) is 26.0. The highest BCUT2D eigenvalue weighted by Gasteiger charge is 2.18. The first kappa shape index (κ1) is 17.1. The number of nitrogens with one attached hydrogen (secondary N) is 1. The Morgan fingerprint density at radius 3 is 2.32 bits per heavy atom. The molecule has 3 rings (SSSR count). The Kier molecular flexibility index (Phi) is 5.07. The molecule has 2 amide bonds. The highest BCUT2D eigenvalue weighted by molar-refractivity contribution is 6.04. The lowest BCUT2D eigenvalue weighted by atomic mass is 10.1. The molecule has 0 aliphatic carbocycles. The molecule has 0 saturated carbocycles. The Bertz CT molecular complexity index is 785. The van der Waals surface area contributed by atoms with E-state index >= 15 is 0 Å². The molecule has 0 radical (unpaired) electrons. The molecule has 0 unspecified atom stereocenters. The predicted molar refractivity (Wildman–Crippen MR) is 90.3 cm³/mol. The van der Waals surface area contributed by atoms with Crippen molar-refractivity contribution >= 4 is 17.5 Å². The monoisotopic (exact) mass is 344 g/mol. The molecule has 1 N–H and O–H groups in total. The minimum Gasteiger partial charge on any atom is -0.342 e. The van der Waals surface area contributed by atoms with Crippen LogP contribution in [0.5, 0.6) is 0 Å². The van der Waals surface area contributed by atoms with Gasteiger partial charge in [0.2, 0.25) is 5.91 Å². The first-order chi connectivity index (χ1) is 12.0. The largest absolute Gasteiger partial charge is 0.342 e. The number of carbonyl (C=O) groups is 2. The van der Waals surface area contributed by atoms with Crippen LogP contribution >= 0.6 is 0 Å². The smallest absolute Gasteiger partial charge is 0.258 e. The van der Waals surface area contributed by atoms with Gasteiger partial charge in [-0.05, 0) is 42.7 Å². The van der Waals surface area contributed by atoms with Crippen LogP contribution in [0, 0.1) is 11.6 Å². The van der Waals surface area contributed by atoms with Crippen molar-refractivity contribution in [3.05, 3.63) is 65.2 Å². The number of carbonyl (C=O) groups excluding carboxylic acids is 2. The Hall–Kier alpha value is -2.76. The van der Waals surface area contributed by atoms with E-state index in [4.69, 9.17) is 0 Å². The van der Waals surface area contributed by atoms with Gasteiger partial charge >= 0.3 is 0 Å². The molecule has 2 aromatic carbocycles. The third-order valence-electron chi connectivity index (χ3n) is 4.20. The molecule has 0 spiro atoms. The zero-order valence-electron chi connectivity index (χ0n) is 13.6. The van der Waals surface area contributed by atoms with E-state index in [1.807, 2.05) is 4.90 Å². The van der Waals surface area contributed by atoms with Gasteiger partial charge < -0.3 is 10.2 Å². The molecular weight excluding hydrogens is 326 g/mol. The minimum absolute atomic E-state index is 0.0997. The fraction of sp³-hybridized carbons (Fsp3) is 0.263. The van der Waals surface area contributed by atoms with E-state index in [0.717, 1.165) is 43.6 Å². The summed E-state index contributed by atoms with van der Waals surface area (Å²) in [7, 11) is 0. The number of nitrogens with zero attached hydrogens (tertiary/aromatic N) is 1. The molecule has 1 heterocycles. The van der Waals surface area contributed by atoms with E-state index in [2.05, 4.69) is 5.32 Å². The van der Waals surface area contributed by atoms with Gasteiger partial charge in [-0.2, -0.15) is 0 Å².